The van der Waals surface area contributed by atoms with Crippen molar-refractivity contribution in [2.24, 2.45) is 0 Å². The van der Waals surface area contributed by atoms with Crippen molar-refractivity contribution in [2.75, 3.05) is 19.6 Å². The fraction of sp³-hybridized carbons (Fsp3) is 0.500. The van der Waals surface area contributed by atoms with Gasteiger partial charge in [-0.1, -0.05) is 30.3 Å². The average Bonchev–Trinajstić information content (AvgIpc) is 2.99. The van der Waals surface area contributed by atoms with Gasteiger partial charge in [-0.15, -0.1) is 0 Å². The molecular weight excluding hydrogens is 407 g/mol. The summed E-state index contributed by atoms with van der Waals surface area (Å²) in [6.45, 7) is 2.08. The molecule has 2 aromatic rings. The molecule has 5 nitrogen and oxygen atoms in total. The zero-order chi connectivity index (χ0) is 22.6. The second kappa shape index (κ2) is 10.1. The SMILES string of the molecule is O=C(NC[C@@]1(c2ccccc2)CC[C@H](O)[C@@H](N2CCC(O)CC2)CC1)c1ccc(F)cc1. The van der Waals surface area contributed by atoms with E-state index in [0.717, 1.165) is 45.2 Å². The second-order valence-corrected chi connectivity index (χ2v) is 9.32. The van der Waals surface area contributed by atoms with Crippen LogP contribution in [-0.2, 0) is 5.41 Å². The average molecular weight is 441 g/mol. The minimum absolute atomic E-state index is 0.0703. The van der Waals surface area contributed by atoms with Crippen LogP contribution in [0.2, 0.25) is 0 Å². The van der Waals surface area contributed by atoms with Crippen molar-refractivity contribution >= 4 is 5.91 Å². The first-order valence-electron chi connectivity index (χ1n) is 11.7. The Bertz CT molecular complexity index is 884. The predicted octanol–water partition coefficient (Wildman–Crippen LogP) is 3.25. The molecule has 32 heavy (non-hydrogen) atoms. The lowest BCUT2D eigenvalue weighted by atomic mass is 9.74. The van der Waals surface area contributed by atoms with E-state index < -0.39 is 6.10 Å². The molecule has 2 aliphatic rings. The number of aliphatic hydroxyl groups excluding tert-OH is 2. The van der Waals surface area contributed by atoms with E-state index in [1.54, 1.807) is 0 Å². The van der Waals surface area contributed by atoms with Crippen molar-refractivity contribution in [1.82, 2.24) is 10.2 Å². The quantitative estimate of drug-likeness (QED) is 0.624. The Balaban J connectivity index is 1.51. The van der Waals surface area contributed by atoms with Gasteiger partial charge in [-0.2, -0.15) is 0 Å². The highest BCUT2D eigenvalue weighted by Crippen LogP contribution is 2.39. The van der Waals surface area contributed by atoms with E-state index in [4.69, 9.17) is 0 Å². The number of benzene rings is 2. The molecule has 3 N–H and O–H groups in total. The first-order chi connectivity index (χ1) is 15.5. The number of carbonyl (C=O) groups excluding carboxylic acids is 1. The topological polar surface area (TPSA) is 72.8 Å². The summed E-state index contributed by atoms with van der Waals surface area (Å²) in [7, 11) is 0. The standard InChI is InChI=1S/C26H33FN2O3/c27-21-8-6-19(7-9-21)25(32)28-18-26(20-4-2-1-3-5-20)14-10-23(24(31)11-15-26)29-16-12-22(30)13-17-29/h1-9,22-24,30-31H,10-18H2,(H,28,32)/t23-,24-,26-/m0/s1. The van der Waals surface area contributed by atoms with Crippen molar-refractivity contribution < 1.29 is 19.4 Å². The zero-order valence-corrected chi connectivity index (χ0v) is 18.4. The van der Waals surface area contributed by atoms with E-state index >= 15 is 0 Å². The number of carbonyl (C=O) groups is 1. The van der Waals surface area contributed by atoms with Gasteiger partial charge in [0.2, 0.25) is 0 Å². The highest BCUT2D eigenvalue weighted by Gasteiger charge is 2.40. The maximum absolute atomic E-state index is 13.2. The van der Waals surface area contributed by atoms with Gasteiger partial charge >= 0.3 is 0 Å². The lowest BCUT2D eigenvalue weighted by Crippen LogP contribution is -2.48. The third-order valence-corrected chi connectivity index (χ3v) is 7.33. The smallest absolute Gasteiger partial charge is 0.251 e. The van der Waals surface area contributed by atoms with Gasteiger partial charge in [-0.3, -0.25) is 9.69 Å². The molecule has 1 heterocycles. The molecule has 0 unspecified atom stereocenters. The molecule has 0 radical (unpaired) electrons. The third-order valence-electron chi connectivity index (χ3n) is 7.33. The summed E-state index contributed by atoms with van der Waals surface area (Å²) in [5.74, 6) is -0.581. The number of halogens is 1. The molecule has 0 spiro atoms. The van der Waals surface area contributed by atoms with Crippen molar-refractivity contribution in [1.29, 1.82) is 0 Å². The molecule has 2 fully saturated rings. The number of amides is 1. The zero-order valence-electron chi connectivity index (χ0n) is 18.4. The Kier molecular flexibility index (Phi) is 7.23. The van der Waals surface area contributed by atoms with E-state index in [1.165, 1.54) is 29.8 Å². The number of piperidine rings is 1. The Morgan fingerprint density at radius 3 is 2.31 bits per heavy atom. The van der Waals surface area contributed by atoms with Crippen LogP contribution in [0.15, 0.2) is 54.6 Å². The predicted molar refractivity (Wildman–Crippen MR) is 122 cm³/mol. The van der Waals surface area contributed by atoms with Gasteiger partial charge < -0.3 is 15.5 Å². The van der Waals surface area contributed by atoms with Gasteiger partial charge in [-0.25, -0.2) is 4.39 Å². The normalized spacial score (nSPS) is 27.6. The maximum atomic E-state index is 13.2. The molecule has 1 saturated heterocycles. The summed E-state index contributed by atoms with van der Waals surface area (Å²) in [6.07, 6.45) is 3.95. The number of nitrogens with one attached hydrogen (secondary N) is 1. The summed E-state index contributed by atoms with van der Waals surface area (Å²) < 4.78 is 13.2. The minimum atomic E-state index is -0.427. The van der Waals surface area contributed by atoms with Crippen LogP contribution in [-0.4, -0.2) is 58.9 Å². The van der Waals surface area contributed by atoms with Crippen LogP contribution in [0, 0.1) is 5.82 Å². The van der Waals surface area contributed by atoms with Crippen LogP contribution in [0.5, 0.6) is 0 Å². The molecule has 4 rings (SSSR count). The first kappa shape index (κ1) is 22.9. The van der Waals surface area contributed by atoms with Crippen LogP contribution in [0.4, 0.5) is 4.39 Å². The summed E-state index contributed by atoms with van der Waals surface area (Å²) in [5, 5.41) is 23.9. The number of rotatable bonds is 5. The van der Waals surface area contributed by atoms with E-state index in [1.807, 2.05) is 18.2 Å². The second-order valence-electron chi connectivity index (χ2n) is 9.32. The van der Waals surface area contributed by atoms with Crippen molar-refractivity contribution in [3.8, 4) is 0 Å². The lowest BCUT2D eigenvalue weighted by Gasteiger charge is -2.38. The maximum Gasteiger partial charge on any atom is 0.251 e. The largest absolute Gasteiger partial charge is 0.393 e. The number of hydrogen-bond acceptors (Lipinski definition) is 4. The molecule has 2 aromatic carbocycles. The van der Waals surface area contributed by atoms with Gasteiger partial charge in [0.15, 0.2) is 0 Å². The molecule has 3 atom stereocenters. The van der Waals surface area contributed by atoms with Gasteiger partial charge in [0.25, 0.3) is 5.91 Å². The third kappa shape index (κ3) is 5.20. The van der Waals surface area contributed by atoms with Crippen molar-refractivity contribution in [3.05, 3.63) is 71.5 Å². The highest BCUT2D eigenvalue weighted by atomic mass is 19.1. The highest BCUT2D eigenvalue weighted by molar-refractivity contribution is 5.94. The van der Waals surface area contributed by atoms with Crippen LogP contribution < -0.4 is 5.32 Å². The van der Waals surface area contributed by atoms with Gasteiger partial charge in [0.1, 0.15) is 5.82 Å². The van der Waals surface area contributed by atoms with Crippen LogP contribution in [0.25, 0.3) is 0 Å². The molecular formula is C26H33FN2O3. The summed E-state index contributed by atoms with van der Waals surface area (Å²) in [6, 6.07) is 15.9. The summed E-state index contributed by atoms with van der Waals surface area (Å²) in [5.41, 5.74) is 1.33. The fourth-order valence-electron chi connectivity index (χ4n) is 5.31. The number of likely N-dealkylation sites (tertiary alicyclic amines) is 1. The number of aliphatic hydroxyl groups is 2. The van der Waals surface area contributed by atoms with Gasteiger partial charge in [-0.05, 0) is 68.4 Å². The van der Waals surface area contributed by atoms with Crippen molar-refractivity contribution in [3.63, 3.8) is 0 Å². The number of hydrogen-bond donors (Lipinski definition) is 3. The molecule has 1 amide bonds. The van der Waals surface area contributed by atoms with E-state index in [9.17, 15) is 19.4 Å². The summed E-state index contributed by atoms with van der Waals surface area (Å²) >= 11 is 0. The Labute approximate surface area is 189 Å². The summed E-state index contributed by atoms with van der Waals surface area (Å²) in [4.78, 5) is 15.1. The molecule has 0 bridgehead atoms. The molecule has 1 aliphatic heterocycles. The van der Waals surface area contributed by atoms with E-state index in [0.29, 0.717) is 18.5 Å². The van der Waals surface area contributed by atoms with Crippen molar-refractivity contribution in [2.45, 2.75) is 62.2 Å². The van der Waals surface area contributed by atoms with Crippen LogP contribution in [0.1, 0.15) is 54.4 Å². The van der Waals surface area contributed by atoms with Crippen LogP contribution >= 0.6 is 0 Å². The van der Waals surface area contributed by atoms with E-state index in [2.05, 4.69) is 22.3 Å². The lowest BCUT2D eigenvalue weighted by molar-refractivity contribution is 0.00482. The monoisotopic (exact) mass is 440 g/mol. The molecule has 0 aromatic heterocycles. The fourth-order valence-corrected chi connectivity index (χ4v) is 5.31. The van der Waals surface area contributed by atoms with E-state index in [-0.39, 0.29) is 29.3 Å². The molecule has 1 saturated carbocycles. The molecule has 1 aliphatic carbocycles. The Morgan fingerprint density at radius 2 is 1.62 bits per heavy atom. The van der Waals surface area contributed by atoms with Crippen LogP contribution in [0.3, 0.4) is 0 Å². The Hall–Kier alpha value is -2.28. The first-order valence-corrected chi connectivity index (χ1v) is 11.7. The minimum Gasteiger partial charge on any atom is -0.393 e. The molecule has 172 valence electrons. The molecule has 6 heteroatoms. The Morgan fingerprint density at radius 1 is 0.969 bits per heavy atom. The number of nitrogens with zero attached hydrogens (tertiary/aromatic N) is 1. The van der Waals surface area contributed by atoms with Gasteiger partial charge in [0.05, 0.1) is 12.2 Å². The van der Waals surface area contributed by atoms with Gasteiger partial charge in [0, 0.05) is 36.7 Å².